The monoisotopic (exact) mass is 285 g/mol. The molecule has 1 rings (SSSR count). The highest BCUT2D eigenvalue weighted by Crippen LogP contribution is 2.18. The number of hydrogen-bond acceptors (Lipinski definition) is 4. The Balaban J connectivity index is 2.29. The molecule has 0 unspecified atom stereocenters. The number of aliphatic hydroxyl groups excluding tert-OH is 1. The predicted molar refractivity (Wildman–Crippen MR) is 76.9 cm³/mol. The van der Waals surface area contributed by atoms with Gasteiger partial charge in [-0.05, 0) is 32.6 Å². The number of nitrogens with one attached hydrogen (secondary N) is 1. The molecule has 0 spiro atoms. The number of hydrogen-bond donors (Lipinski definition) is 3. The summed E-state index contributed by atoms with van der Waals surface area (Å²) in [4.78, 5) is 25.6. The number of nitrogens with zero attached hydrogens (tertiary/aromatic N) is 1. The highest BCUT2D eigenvalue weighted by Gasteiger charge is 2.34. The molecule has 1 aliphatic rings. The first-order chi connectivity index (χ1) is 9.57. The topological polar surface area (TPSA) is 95.7 Å². The van der Waals surface area contributed by atoms with E-state index in [2.05, 4.69) is 5.32 Å². The number of aliphatic hydroxyl groups is 1. The Bertz CT molecular complexity index is 321. The van der Waals surface area contributed by atoms with Gasteiger partial charge >= 0.3 is 0 Å². The molecule has 4 N–H and O–H groups in total. The van der Waals surface area contributed by atoms with Crippen molar-refractivity contribution >= 4 is 11.8 Å². The molecular formula is C14H27N3O3. The molecule has 6 heteroatoms. The third-order valence-corrected chi connectivity index (χ3v) is 3.61. The molecule has 0 saturated carbocycles. The number of rotatable bonds is 8. The smallest absolute Gasteiger partial charge is 0.242 e. The molecule has 20 heavy (non-hydrogen) atoms. The molecule has 0 bridgehead atoms. The fraction of sp³-hybridized carbons (Fsp3) is 0.857. The van der Waals surface area contributed by atoms with Gasteiger partial charge in [0.05, 0.1) is 6.04 Å². The number of carbonyl (C=O) groups is 2. The van der Waals surface area contributed by atoms with Crippen LogP contribution in [0.1, 0.15) is 45.4 Å². The maximum absolute atomic E-state index is 12.1. The minimum absolute atomic E-state index is 0.0707. The van der Waals surface area contributed by atoms with Crippen LogP contribution in [0.25, 0.3) is 0 Å². The fourth-order valence-electron chi connectivity index (χ4n) is 2.48. The molecule has 0 aromatic heterocycles. The van der Waals surface area contributed by atoms with Crippen molar-refractivity contribution in [3.05, 3.63) is 0 Å². The highest BCUT2D eigenvalue weighted by molar-refractivity contribution is 5.90. The van der Waals surface area contributed by atoms with E-state index < -0.39 is 6.04 Å². The van der Waals surface area contributed by atoms with Crippen molar-refractivity contribution in [2.45, 2.75) is 57.5 Å². The molecule has 2 amide bonds. The zero-order valence-electron chi connectivity index (χ0n) is 12.3. The van der Waals surface area contributed by atoms with E-state index in [1.54, 1.807) is 11.8 Å². The second-order valence-electron chi connectivity index (χ2n) is 5.41. The van der Waals surface area contributed by atoms with Crippen LogP contribution in [0.5, 0.6) is 0 Å². The van der Waals surface area contributed by atoms with E-state index in [1.807, 2.05) is 0 Å². The summed E-state index contributed by atoms with van der Waals surface area (Å²) in [6.45, 7) is 3.12. The molecular weight excluding hydrogens is 258 g/mol. The number of unbranched alkanes of at least 4 members (excludes halogenated alkanes) is 3. The van der Waals surface area contributed by atoms with Crippen LogP contribution in [0.2, 0.25) is 0 Å². The van der Waals surface area contributed by atoms with Crippen LogP contribution in [0.4, 0.5) is 0 Å². The van der Waals surface area contributed by atoms with Crippen molar-refractivity contribution in [3.8, 4) is 0 Å². The van der Waals surface area contributed by atoms with E-state index in [0.29, 0.717) is 13.1 Å². The van der Waals surface area contributed by atoms with E-state index in [9.17, 15) is 9.59 Å². The Hall–Kier alpha value is -1.14. The van der Waals surface area contributed by atoms with Crippen molar-refractivity contribution in [2.24, 2.45) is 5.73 Å². The van der Waals surface area contributed by atoms with E-state index >= 15 is 0 Å². The van der Waals surface area contributed by atoms with Gasteiger partial charge in [-0.1, -0.05) is 12.8 Å². The molecule has 0 aromatic rings. The predicted octanol–water partition coefficient (Wildman–Crippen LogP) is -0.00650. The van der Waals surface area contributed by atoms with Gasteiger partial charge in [-0.3, -0.25) is 9.59 Å². The summed E-state index contributed by atoms with van der Waals surface area (Å²) in [5.74, 6) is -0.218. The summed E-state index contributed by atoms with van der Waals surface area (Å²) in [7, 11) is 0. The average Bonchev–Trinajstić information content (AvgIpc) is 2.90. The molecule has 0 aromatic carbocycles. The Morgan fingerprint density at radius 3 is 2.70 bits per heavy atom. The minimum Gasteiger partial charge on any atom is -0.396 e. The van der Waals surface area contributed by atoms with Gasteiger partial charge in [0.1, 0.15) is 6.04 Å². The van der Waals surface area contributed by atoms with Crippen molar-refractivity contribution in [3.63, 3.8) is 0 Å². The van der Waals surface area contributed by atoms with Crippen molar-refractivity contribution < 1.29 is 14.7 Å². The maximum Gasteiger partial charge on any atom is 0.242 e. The summed E-state index contributed by atoms with van der Waals surface area (Å²) in [6.07, 6.45) is 5.26. The lowest BCUT2D eigenvalue weighted by molar-refractivity contribution is -0.139. The van der Waals surface area contributed by atoms with E-state index in [-0.39, 0.29) is 24.5 Å². The number of amides is 2. The van der Waals surface area contributed by atoms with Crippen LogP contribution >= 0.6 is 0 Å². The summed E-state index contributed by atoms with van der Waals surface area (Å²) in [6, 6.07) is -0.909. The third-order valence-electron chi connectivity index (χ3n) is 3.61. The normalized spacial score (nSPS) is 19.9. The molecule has 6 nitrogen and oxygen atoms in total. The highest BCUT2D eigenvalue weighted by atomic mass is 16.3. The van der Waals surface area contributed by atoms with E-state index in [1.165, 1.54) is 0 Å². The number of likely N-dealkylation sites (tertiary alicyclic amines) is 1. The Morgan fingerprint density at radius 2 is 2.05 bits per heavy atom. The van der Waals surface area contributed by atoms with Gasteiger partial charge in [0.25, 0.3) is 0 Å². The van der Waals surface area contributed by atoms with Gasteiger partial charge in [0, 0.05) is 19.7 Å². The first kappa shape index (κ1) is 16.9. The van der Waals surface area contributed by atoms with Crippen molar-refractivity contribution in [1.82, 2.24) is 10.2 Å². The van der Waals surface area contributed by atoms with Gasteiger partial charge < -0.3 is 21.1 Å². The average molecular weight is 285 g/mol. The first-order valence-corrected chi connectivity index (χ1v) is 7.52. The molecule has 0 aliphatic carbocycles. The quantitative estimate of drug-likeness (QED) is 0.547. The largest absolute Gasteiger partial charge is 0.396 e. The minimum atomic E-state index is -0.554. The van der Waals surface area contributed by atoms with Crippen LogP contribution in [-0.4, -0.2) is 53.6 Å². The molecule has 116 valence electrons. The zero-order valence-corrected chi connectivity index (χ0v) is 12.3. The molecule has 2 atom stereocenters. The lowest BCUT2D eigenvalue weighted by Crippen LogP contribution is -2.50. The first-order valence-electron chi connectivity index (χ1n) is 7.52. The second kappa shape index (κ2) is 8.92. The van der Waals surface area contributed by atoms with Gasteiger partial charge in [-0.15, -0.1) is 0 Å². The van der Waals surface area contributed by atoms with Crippen LogP contribution < -0.4 is 11.1 Å². The van der Waals surface area contributed by atoms with Gasteiger partial charge in [-0.2, -0.15) is 0 Å². The van der Waals surface area contributed by atoms with E-state index in [0.717, 1.165) is 38.5 Å². The second-order valence-corrected chi connectivity index (χ2v) is 5.41. The summed E-state index contributed by atoms with van der Waals surface area (Å²) in [5.41, 5.74) is 5.60. The van der Waals surface area contributed by atoms with Crippen LogP contribution in [-0.2, 0) is 9.59 Å². The Kier molecular flexibility index (Phi) is 7.54. The zero-order chi connectivity index (χ0) is 15.0. The standard InChI is InChI=1S/C14H27N3O3/c1-11(15)14(20)17-9-6-7-12(17)13(19)16-8-4-2-3-5-10-18/h11-12,18H,2-10,15H2,1H3,(H,16,19)/t11-,12-/m0/s1. The SMILES string of the molecule is C[C@H](N)C(=O)N1CCC[C@H]1C(=O)NCCCCCCO. The summed E-state index contributed by atoms with van der Waals surface area (Å²) >= 11 is 0. The lowest BCUT2D eigenvalue weighted by atomic mass is 10.1. The summed E-state index contributed by atoms with van der Waals surface area (Å²) < 4.78 is 0. The number of nitrogens with two attached hydrogens (primary N) is 1. The molecule has 1 aliphatic heterocycles. The molecule has 1 saturated heterocycles. The van der Waals surface area contributed by atoms with Crippen LogP contribution in [0, 0.1) is 0 Å². The third kappa shape index (κ3) is 5.09. The molecule has 1 heterocycles. The fourth-order valence-corrected chi connectivity index (χ4v) is 2.48. The van der Waals surface area contributed by atoms with E-state index in [4.69, 9.17) is 10.8 Å². The summed E-state index contributed by atoms with van der Waals surface area (Å²) in [5, 5.41) is 11.6. The maximum atomic E-state index is 12.1. The Morgan fingerprint density at radius 1 is 1.35 bits per heavy atom. The van der Waals surface area contributed by atoms with Crippen molar-refractivity contribution in [2.75, 3.05) is 19.7 Å². The number of carbonyl (C=O) groups excluding carboxylic acids is 2. The van der Waals surface area contributed by atoms with Gasteiger partial charge in [0.2, 0.25) is 11.8 Å². The van der Waals surface area contributed by atoms with Crippen LogP contribution in [0.3, 0.4) is 0 Å². The molecule has 1 fully saturated rings. The lowest BCUT2D eigenvalue weighted by Gasteiger charge is -2.25. The van der Waals surface area contributed by atoms with Crippen molar-refractivity contribution in [1.29, 1.82) is 0 Å². The van der Waals surface area contributed by atoms with Gasteiger partial charge in [0.15, 0.2) is 0 Å². The Labute approximate surface area is 120 Å². The van der Waals surface area contributed by atoms with Gasteiger partial charge in [-0.25, -0.2) is 0 Å². The van der Waals surface area contributed by atoms with Crippen LogP contribution in [0.15, 0.2) is 0 Å². The molecule has 0 radical (unpaired) electrons.